The molecule has 1 fully saturated rings. The minimum absolute atomic E-state index is 0.219. The molecule has 3 rings (SSSR count). The lowest BCUT2D eigenvalue weighted by atomic mass is 10.0. The highest BCUT2D eigenvalue weighted by Crippen LogP contribution is 2.41. The van der Waals surface area contributed by atoms with Gasteiger partial charge < -0.3 is 10.2 Å². The predicted molar refractivity (Wildman–Crippen MR) is 97.3 cm³/mol. The third kappa shape index (κ3) is 3.54. The van der Waals surface area contributed by atoms with Crippen LogP contribution in [0.5, 0.6) is 0 Å². The van der Waals surface area contributed by atoms with Crippen molar-refractivity contribution in [1.29, 1.82) is 0 Å². The van der Waals surface area contributed by atoms with Crippen molar-refractivity contribution >= 4 is 17.3 Å². The van der Waals surface area contributed by atoms with E-state index < -0.39 is 0 Å². The molecule has 0 spiro atoms. The third-order valence-corrected chi connectivity index (χ3v) is 5.25. The Kier molecular flexibility index (Phi) is 4.93. The molecule has 1 aliphatic carbocycles. The monoisotopic (exact) mass is 314 g/mol. The summed E-state index contributed by atoms with van der Waals surface area (Å²) in [6, 6.07) is 2.24. The number of hydrogen-bond acceptors (Lipinski definition) is 2. The molecule has 0 unspecified atom stereocenters. The van der Waals surface area contributed by atoms with Crippen LogP contribution < -0.4 is 10.2 Å². The normalized spacial score (nSPS) is 16.6. The van der Waals surface area contributed by atoms with Crippen molar-refractivity contribution in [2.24, 2.45) is 5.92 Å². The van der Waals surface area contributed by atoms with Crippen LogP contribution in [0.2, 0.25) is 0 Å². The number of anilines is 2. The molecule has 0 radical (unpaired) electrons. The summed E-state index contributed by atoms with van der Waals surface area (Å²) in [6.07, 6.45) is 8.37. The summed E-state index contributed by atoms with van der Waals surface area (Å²) in [7, 11) is 0. The Morgan fingerprint density at radius 3 is 2.70 bits per heavy atom. The highest BCUT2D eigenvalue weighted by molar-refractivity contribution is 5.99. The van der Waals surface area contributed by atoms with E-state index in [1.807, 2.05) is 0 Å². The van der Waals surface area contributed by atoms with Crippen molar-refractivity contribution < 1.29 is 4.79 Å². The van der Waals surface area contributed by atoms with Gasteiger partial charge >= 0.3 is 0 Å². The average molecular weight is 314 g/mol. The molecule has 1 heterocycles. The van der Waals surface area contributed by atoms with Gasteiger partial charge in [0.2, 0.25) is 5.91 Å². The second kappa shape index (κ2) is 6.94. The first-order valence-electron chi connectivity index (χ1n) is 9.30. The highest BCUT2D eigenvalue weighted by Gasteiger charge is 2.32. The molecule has 1 aliphatic heterocycles. The molecule has 126 valence electrons. The van der Waals surface area contributed by atoms with Crippen LogP contribution in [-0.2, 0) is 11.2 Å². The fourth-order valence-electron chi connectivity index (χ4n) is 3.71. The van der Waals surface area contributed by atoms with E-state index in [9.17, 15) is 4.79 Å². The molecular weight excluding hydrogens is 284 g/mol. The van der Waals surface area contributed by atoms with E-state index in [0.29, 0.717) is 0 Å². The van der Waals surface area contributed by atoms with Gasteiger partial charge in [-0.15, -0.1) is 0 Å². The van der Waals surface area contributed by atoms with Crippen molar-refractivity contribution in [1.82, 2.24) is 0 Å². The summed E-state index contributed by atoms with van der Waals surface area (Å²) >= 11 is 0. The van der Waals surface area contributed by atoms with Crippen LogP contribution in [0.4, 0.5) is 11.4 Å². The van der Waals surface area contributed by atoms with E-state index in [-0.39, 0.29) is 11.8 Å². The fraction of sp³-hybridized carbons (Fsp3) is 0.650. The predicted octanol–water partition coefficient (Wildman–Crippen LogP) is 4.59. The maximum Gasteiger partial charge on any atom is 0.227 e. The van der Waals surface area contributed by atoms with Crippen molar-refractivity contribution in [3.63, 3.8) is 0 Å². The summed E-state index contributed by atoms with van der Waals surface area (Å²) in [6.45, 7) is 8.80. The first-order chi connectivity index (χ1) is 11.1. The second-order valence-corrected chi connectivity index (χ2v) is 7.27. The van der Waals surface area contributed by atoms with E-state index in [1.165, 1.54) is 48.1 Å². The number of nitrogens with zero attached hydrogens (tertiary/aromatic N) is 1. The van der Waals surface area contributed by atoms with Gasteiger partial charge in [-0.1, -0.05) is 32.3 Å². The molecule has 3 heteroatoms. The van der Waals surface area contributed by atoms with E-state index in [1.54, 1.807) is 0 Å². The number of carbonyl (C=O) groups is 1. The lowest BCUT2D eigenvalue weighted by molar-refractivity contribution is -0.117. The van der Waals surface area contributed by atoms with Crippen LogP contribution in [0.3, 0.4) is 0 Å². The number of carbonyl (C=O) groups excluding carboxylic acids is 1. The van der Waals surface area contributed by atoms with Gasteiger partial charge in [0.15, 0.2) is 0 Å². The minimum atomic E-state index is 0.219. The summed E-state index contributed by atoms with van der Waals surface area (Å²) in [4.78, 5) is 14.8. The van der Waals surface area contributed by atoms with Crippen molar-refractivity contribution in [3.8, 4) is 0 Å². The molecule has 1 aromatic carbocycles. The van der Waals surface area contributed by atoms with Crippen LogP contribution in [0, 0.1) is 19.8 Å². The Morgan fingerprint density at radius 2 is 2.00 bits per heavy atom. The van der Waals surface area contributed by atoms with Gasteiger partial charge in [-0.05, 0) is 56.2 Å². The number of amides is 1. The van der Waals surface area contributed by atoms with E-state index in [0.717, 1.165) is 38.0 Å². The number of fused-ring (bicyclic) bond motifs is 1. The fourth-order valence-corrected chi connectivity index (χ4v) is 3.71. The van der Waals surface area contributed by atoms with Crippen LogP contribution in [-0.4, -0.2) is 19.0 Å². The van der Waals surface area contributed by atoms with Gasteiger partial charge in [0, 0.05) is 19.0 Å². The van der Waals surface area contributed by atoms with E-state index in [2.05, 4.69) is 37.1 Å². The maximum atomic E-state index is 12.3. The second-order valence-electron chi connectivity index (χ2n) is 7.27. The van der Waals surface area contributed by atoms with Gasteiger partial charge in [0.05, 0.1) is 11.4 Å². The van der Waals surface area contributed by atoms with Crippen LogP contribution >= 0.6 is 0 Å². The molecule has 1 aromatic rings. The molecule has 0 saturated heterocycles. The molecule has 2 aliphatic rings. The van der Waals surface area contributed by atoms with E-state index >= 15 is 0 Å². The van der Waals surface area contributed by atoms with Crippen molar-refractivity contribution in [2.45, 2.75) is 65.7 Å². The molecule has 0 aromatic heterocycles. The van der Waals surface area contributed by atoms with Gasteiger partial charge in [-0.2, -0.15) is 0 Å². The minimum Gasteiger partial charge on any atom is -0.369 e. The number of rotatable bonds is 7. The van der Waals surface area contributed by atoms with Gasteiger partial charge in [-0.25, -0.2) is 0 Å². The van der Waals surface area contributed by atoms with E-state index in [4.69, 9.17) is 0 Å². The largest absolute Gasteiger partial charge is 0.369 e. The number of unbranched alkanes of at least 4 members (excludes halogenated alkanes) is 3. The topological polar surface area (TPSA) is 32.3 Å². The number of hydrogen-bond donors (Lipinski definition) is 1. The lowest BCUT2D eigenvalue weighted by Crippen LogP contribution is -2.24. The first kappa shape index (κ1) is 16.4. The number of nitrogens with one attached hydrogen (secondary N) is 1. The molecule has 3 nitrogen and oxygen atoms in total. The molecular formula is C20H30N2O. The first-order valence-corrected chi connectivity index (χ1v) is 9.30. The smallest absolute Gasteiger partial charge is 0.227 e. The lowest BCUT2D eigenvalue weighted by Gasteiger charge is -2.24. The quantitative estimate of drug-likeness (QED) is 0.746. The van der Waals surface area contributed by atoms with Gasteiger partial charge in [0.1, 0.15) is 0 Å². The summed E-state index contributed by atoms with van der Waals surface area (Å²) in [5.74, 6) is 0.475. The molecule has 0 bridgehead atoms. The average Bonchev–Trinajstić information content (AvgIpc) is 3.28. The zero-order chi connectivity index (χ0) is 16.4. The van der Waals surface area contributed by atoms with Gasteiger partial charge in [0.25, 0.3) is 0 Å². The molecule has 1 saturated carbocycles. The van der Waals surface area contributed by atoms with Gasteiger partial charge in [-0.3, -0.25) is 4.79 Å². The number of aryl methyl sites for hydroxylation is 2. The maximum absolute atomic E-state index is 12.3. The highest BCUT2D eigenvalue weighted by atomic mass is 16.2. The SMILES string of the molecule is CCCCCCN1CCc2c(C)cc(C)c(NC(=O)C3CC3)c21. The third-order valence-electron chi connectivity index (χ3n) is 5.25. The molecule has 1 N–H and O–H groups in total. The standard InChI is InChI=1S/C20H30N2O/c1-4-5-6-7-11-22-12-10-17-14(2)13-15(3)18(19(17)22)21-20(23)16-8-9-16/h13,16H,4-12H2,1-3H3,(H,21,23). The Balaban J connectivity index is 1.81. The Hall–Kier alpha value is -1.51. The van der Waals surface area contributed by atoms with Crippen molar-refractivity contribution in [2.75, 3.05) is 23.3 Å². The Morgan fingerprint density at radius 1 is 1.22 bits per heavy atom. The zero-order valence-corrected chi connectivity index (χ0v) is 14.9. The molecule has 23 heavy (non-hydrogen) atoms. The summed E-state index contributed by atoms with van der Waals surface area (Å²) < 4.78 is 0. The number of benzene rings is 1. The van der Waals surface area contributed by atoms with Crippen LogP contribution in [0.1, 0.15) is 62.1 Å². The Bertz CT molecular complexity index is 590. The summed E-state index contributed by atoms with van der Waals surface area (Å²) in [5.41, 5.74) is 6.41. The van der Waals surface area contributed by atoms with Crippen LogP contribution in [0.25, 0.3) is 0 Å². The van der Waals surface area contributed by atoms with Crippen molar-refractivity contribution in [3.05, 3.63) is 22.8 Å². The molecule has 0 atom stereocenters. The Labute approximate surface area is 140 Å². The molecule has 1 amide bonds. The summed E-state index contributed by atoms with van der Waals surface area (Å²) in [5, 5.41) is 3.25. The van der Waals surface area contributed by atoms with Crippen LogP contribution in [0.15, 0.2) is 6.07 Å². The zero-order valence-electron chi connectivity index (χ0n) is 14.9.